The Kier molecular flexibility index (Phi) is 2.78. The van der Waals surface area contributed by atoms with Gasteiger partial charge in [0.25, 0.3) is 0 Å². The maximum atomic E-state index is 8.83. The summed E-state index contributed by atoms with van der Waals surface area (Å²) >= 11 is 0. The van der Waals surface area contributed by atoms with E-state index in [9.17, 15) is 0 Å². The summed E-state index contributed by atoms with van der Waals surface area (Å²) in [4.78, 5) is 4.04. The Bertz CT molecular complexity index is 304. The van der Waals surface area contributed by atoms with Crippen LogP contribution in [0.25, 0.3) is 0 Å². The van der Waals surface area contributed by atoms with Gasteiger partial charge in [-0.25, -0.2) is 4.98 Å². The summed E-state index contributed by atoms with van der Waals surface area (Å²) in [6.07, 6.45) is 0. The molecule has 1 aromatic heterocycles. The van der Waals surface area contributed by atoms with Crippen molar-refractivity contribution in [3.8, 4) is 6.07 Å². The highest BCUT2D eigenvalue weighted by Crippen LogP contribution is 2.11. The minimum Gasteiger partial charge on any atom is -0.396 e. The first kappa shape index (κ1) is 8.69. The van der Waals surface area contributed by atoms with E-state index in [0.717, 1.165) is 5.69 Å². The molecule has 0 aliphatic carbocycles. The van der Waals surface area contributed by atoms with Crippen LogP contribution in [0.1, 0.15) is 24.2 Å². The van der Waals surface area contributed by atoms with Crippen LogP contribution in [0, 0.1) is 11.3 Å². The second-order valence-corrected chi connectivity index (χ2v) is 2.64. The van der Waals surface area contributed by atoms with Crippen molar-refractivity contribution < 1.29 is 5.11 Å². The molecule has 0 amide bonds. The van der Waals surface area contributed by atoms with Crippen LogP contribution in [0.2, 0.25) is 0 Å². The van der Waals surface area contributed by atoms with Crippen LogP contribution in [-0.2, 0) is 0 Å². The van der Waals surface area contributed by atoms with Gasteiger partial charge in [-0.3, -0.25) is 0 Å². The quantitative estimate of drug-likeness (QED) is 0.707. The average Bonchev–Trinajstić information content (AvgIpc) is 2.17. The van der Waals surface area contributed by atoms with E-state index in [-0.39, 0.29) is 12.5 Å². The highest BCUT2D eigenvalue weighted by atomic mass is 16.3. The fourth-order valence-corrected chi connectivity index (χ4v) is 0.882. The fraction of sp³-hybridized carbons (Fsp3) is 0.333. The summed E-state index contributed by atoms with van der Waals surface area (Å²) in [5.41, 5.74) is 1.16. The topological polar surface area (TPSA) is 56.9 Å². The maximum absolute atomic E-state index is 8.83. The molecule has 0 saturated carbocycles. The van der Waals surface area contributed by atoms with E-state index in [1.807, 2.05) is 19.1 Å². The molecule has 3 nitrogen and oxygen atoms in total. The SMILES string of the molecule is CC(CO)c1cccc(C#N)n1. The standard InChI is InChI=1S/C9H10N2O/c1-7(6-12)9-4-2-3-8(5-10)11-9/h2-4,7,12H,6H2,1H3. The second kappa shape index (κ2) is 3.84. The van der Waals surface area contributed by atoms with Crippen LogP contribution < -0.4 is 0 Å². The molecule has 1 atom stereocenters. The van der Waals surface area contributed by atoms with Crippen molar-refractivity contribution in [2.75, 3.05) is 6.61 Å². The molecule has 0 aliphatic heterocycles. The van der Waals surface area contributed by atoms with E-state index in [1.165, 1.54) is 0 Å². The predicted molar refractivity (Wildman–Crippen MR) is 44.5 cm³/mol. The van der Waals surface area contributed by atoms with Crippen LogP contribution in [0.15, 0.2) is 18.2 Å². The summed E-state index contributed by atoms with van der Waals surface area (Å²) in [5, 5.41) is 17.4. The van der Waals surface area contributed by atoms with Gasteiger partial charge >= 0.3 is 0 Å². The monoisotopic (exact) mass is 162 g/mol. The normalized spacial score (nSPS) is 12.1. The number of aliphatic hydroxyl groups is 1. The number of nitrogens with zero attached hydrogens (tertiary/aromatic N) is 2. The van der Waals surface area contributed by atoms with Gasteiger partial charge in [0, 0.05) is 11.6 Å². The van der Waals surface area contributed by atoms with Crippen molar-refractivity contribution in [1.82, 2.24) is 4.98 Å². The van der Waals surface area contributed by atoms with Crippen molar-refractivity contribution in [3.63, 3.8) is 0 Å². The Hall–Kier alpha value is -1.40. The summed E-state index contributed by atoms with van der Waals surface area (Å²) < 4.78 is 0. The lowest BCUT2D eigenvalue weighted by molar-refractivity contribution is 0.271. The van der Waals surface area contributed by atoms with Gasteiger partial charge in [-0.15, -0.1) is 0 Å². The Morgan fingerprint density at radius 3 is 3.00 bits per heavy atom. The molecule has 0 radical (unpaired) electrons. The predicted octanol–water partition coefficient (Wildman–Crippen LogP) is 1.05. The molecule has 1 N–H and O–H groups in total. The minimum atomic E-state index is -0.00157. The van der Waals surface area contributed by atoms with Crippen LogP contribution in [0.3, 0.4) is 0 Å². The highest BCUT2D eigenvalue weighted by Gasteiger charge is 2.05. The summed E-state index contributed by atoms with van der Waals surface area (Å²) in [5.74, 6) is -0.00157. The van der Waals surface area contributed by atoms with Gasteiger partial charge in [0.05, 0.1) is 6.61 Å². The molecule has 1 aromatic rings. The van der Waals surface area contributed by atoms with Crippen molar-refractivity contribution in [2.45, 2.75) is 12.8 Å². The molecule has 1 unspecified atom stereocenters. The summed E-state index contributed by atoms with van der Waals surface area (Å²) in [6.45, 7) is 1.92. The molecule has 0 aliphatic rings. The van der Waals surface area contributed by atoms with Crippen molar-refractivity contribution >= 4 is 0 Å². The third kappa shape index (κ3) is 1.80. The van der Waals surface area contributed by atoms with Crippen LogP contribution in [0.4, 0.5) is 0 Å². The maximum Gasteiger partial charge on any atom is 0.140 e. The molecule has 12 heavy (non-hydrogen) atoms. The molecular weight excluding hydrogens is 152 g/mol. The van der Waals surface area contributed by atoms with Crippen LogP contribution in [-0.4, -0.2) is 16.7 Å². The van der Waals surface area contributed by atoms with E-state index >= 15 is 0 Å². The van der Waals surface area contributed by atoms with Crippen LogP contribution in [0.5, 0.6) is 0 Å². The molecule has 3 heteroatoms. The van der Waals surface area contributed by atoms with E-state index in [1.54, 1.807) is 12.1 Å². The first-order chi connectivity index (χ1) is 5.77. The van der Waals surface area contributed by atoms with Gasteiger partial charge in [-0.05, 0) is 12.1 Å². The Morgan fingerprint density at radius 1 is 1.67 bits per heavy atom. The Morgan fingerprint density at radius 2 is 2.42 bits per heavy atom. The number of rotatable bonds is 2. The van der Waals surface area contributed by atoms with Gasteiger partial charge < -0.3 is 5.11 Å². The van der Waals surface area contributed by atoms with E-state index in [2.05, 4.69) is 4.98 Å². The number of aliphatic hydroxyl groups excluding tert-OH is 1. The first-order valence-corrected chi connectivity index (χ1v) is 3.76. The molecule has 0 spiro atoms. The Labute approximate surface area is 71.3 Å². The second-order valence-electron chi connectivity index (χ2n) is 2.64. The molecule has 62 valence electrons. The van der Waals surface area contributed by atoms with Crippen molar-refractivity contribution in [2.24, 2.45) is 0 Å². The lowest BCUT2D eigenvalue weighted by Gasteiger charge is -2.05. The lowest BCUT2D eigenvalue weighted by atomic mass is 10.1. The number of hydrogen-bond donors (Lipinski definition) is 1. The fourth-order valence-electron chi connectivity index (χ4n) is 0.882. The van der Waals surface area contributed by atoms with Gasteiger partial charge in [-0.1, -0.05) is 13.0 Å². The van der Waals surface area contributed by atoms with Gasteiger partial charge in [0.1, 0.15) is 11.8 Å². The first-order valence-electron chi connectivity index (χ1n) is 3.76. The smallest absolute Gasteiger partial charge is 0.140 e. The minimum absolute atomic E-state index is 0.00157. The molecule has 0 saturated heterocycles. The van der Waals surface area contributed by atoms with Crippen LogP contribution >= 0.6 is 0 Å². The molecule has 0 bridgehead atoms. The molecule has 0 fully saturated rings. The third-order valence-electron chi connectivity index (χ3n) is 1.66. The van der Waals surface area contributed by atoms with E-state index < -0.39 is 0 Å². The third-order valence-corrected chi connectivity index (χ3v) is 1.66. The number of pyridine rings is 1. The number of hydrogen-bond acceptors (Lipinski definition) is 3. The van der Waals surface area contributed by atoms with Gasteiger partial charge in [-0.2, -0.15) is 5.26 Å². The largest absolute Gasteiger partial charge is 0.396 e. The number of nitriles is 1. The summed E-state index contributed by atoms with van der Waals surface area (Å²) in [7, 11) is 0. The van der Waals surface area contributed by atoms with Crippen molar-refractivity contribution in [3.05, 3.63) is 29.6 Å². The number of aromatic nitrogens is 1. The molecule has 0 aromatic carbocycles. The van der Waals surface area contributed by atoms with Gasteiger partial charge in [0.15, 0.2) is 0 Å². The van der Waals surface area contributed by atoms with E-state index in [0.29, 0.717) is 5.69 Å². The molecule has 1 heterocycles. The summed E-state index contributed by atoms with van der Waals surface area (Å²) in [6, 6.07) is 7.18. The lowest BCUT2D eigenvalue weighted by Crippen LogP contribution is -2.02. The zero-order chi connectivity index (χ0) is 8.97. The highest BCUT2D eigenvalue weighted by molar-refractivity contribution is 5.23. The molecule has 1 rings (SSSR count). The van der Waals surface area contributed by atoms with E-state index in [4.69, 9.17) is 10.4 Å². The zero-order valence-electron chi connectivity index (χ0n) is 6.86. The molecular formula is C9H10N2O. The van der Waals surface area contributed by atoms with Crippen molar-refractivity contribution in [1.29, 1.82) is 5.26 Å². The zero-order valence-corrected chi connectivity index (χ0v) is 6.86. The Balaban J connectivity index is 2.95. The van der Waals surface area contributed by atoms with Gasteiger partial charge in [0.2, 0.25) is 0 Å². The average molecular weight is 162 g/mol.